The van der Waals surface area contributed by atoms with E-state index in [1.807, 2.05) is 32.0 Å². The standard InChI is InChI=1S/C14H17NO3S/c1-11-4-7-14-13(10-11)6-5-12(2)15(14)8-3-9-19(16,17)18/h4-7,10H,3,8-9H2,1-2H3/p+1. The molecule has 1 heterocycles. The van der Waals surface area contributed by atoms with Crippen molar-refractivity contribution < 1.29 is 17.5 Å². The van der Waals surface area contributed by atoms with Gasteiger partial charge in [-0.15, -0.1) is 0 Å². The number of fused-ring (bicyclic) bond motifs is 1. The van der Waals surface area contributed by atoms with Gasteiger partial charge in [0.05, 0.1) is 5.75 Å². The van der Waals surface area contributed by atoms with Crippen LogP contribution in [0.15, 0.2) is 30.3 Å². The molecule has 0 amide bonds. The van der Waals surface area contributed by atoms with E-state index in [4.69, 9.17) is 4.55 Å². The summed E-state index contributed by atoms with van der Waals surface area (Å²) in [4.78, 5) is 0. The molecule has 0 aliphatic rings. The minimum atomic E-state index is -3.88. The van der Waals surface area contributed by atoms with Crippen LogP contribution >= 0.6 is 0 Å². The Morgan fingerprint density at radius 3 is 2.58 bits per heavy atom. The van der Waals surface area contributed by atoms with Crippen molar-refractivity contribution in [3.8, 4) is 0 Å². The highest BCUT2D eigenvalue weighted by molar-refractivity contribution is 7.85. The van der Waals surface area contributed by atoms with Gasteiger partial charge in [-0.2, -0.15) is 13.0 Å². The van der Waals surface area contributed by atoms with Crippen LogP contribution in [0, 0.1) is 13.8 Å². The van der Waals surface area contributed by atoms with Crippen LogP contribution in [0.5, 0.6) is 0 Å². The maximum absolute atomic E-state index is 10.8. The zero-order valence-corrected chi connectivity index (χ0v) is 11.9. The molecule has 102 valence electrons. The summed E-state index contributed by atoms with van der Waals surface area (Å²) in [6.45, 7) is 4.61. The Morgan fingerprint density at radius 2 is 1.89 bits per heavy atom. The van der Waals surface area contributed by atoms with Crippen LogP contribution in [0.2, 0.25) is 0 Å². The van der Waals surface area contributed by atoms with E-state index >= 15 is 0 Å². The molecule has 1 N–H and O–H groups in total. The Bertz CT molecular complexity index is 708. The zero-order valence-electron chi connectivity index (χ0n) is 11.1. The van der Waals surface area contributed by atoms with Crippen molar-refractivity contribution in [1.82, 2.24) is 0 Å². The van der Waals surface area contributed by atoms with Crippen LogP contribution in [0.3, 0.4) is 0 Å². The number of hydrogen-bond acceptors (Lipinski definition) is 2. The molecule has 2 aromatic rings. The first-order valence-corrected chi connectivity index (χ1v) is 7.83. The lowest BCUT2D eigenvalue weighted by Crippen LogP contribution is -2.38. The van der Waals surface area contributed by atoms with Gasteiger partial charge in [0.15, 0.2) is 5.69 Å². The first-order chi connectivity index (χ1) is 8.87. The van der Waals surface area contributed by atoms with Gasteiger partial charge in [-0.05, 0) is 19.1 Å². The molecule has 1 aromatic carbocycles. The van der Waals surface area contributed by atoms with Crippen molar-refractivity contribution in [2.75, 3.05) is 5.75 Å². The van der Waals surface area contributed by atoms with Gasteiger partial charge < -0.3 is 0 Å². The summed E-state index contributed by atoms with van der Waals surface area (Å²) in [7, 11) is -3.88. The Hall–Kier alpha value is -1.46. The zero-order chi connectivity index (χ0) is 14.0. The molecule has 4 nitrogen and oxygen atoms in total. The second kappa shape index (κ2) is 5.27. The monoisotopic (exact) mass is 280 g/mol. The molecule has 0 spiro atoms. The summed E-state index contributed by atoms with van der Waals surface area (Å²) in [6.07, 6.45) is 0.400. The van der Waals surface area contributed by atoms with Gasteiger partial charge in [0.2, 0.25) is 5.52 Å². The van der Waals surface area contributed by atoms with E-state index in [0.29, 0.717) is 13.0 Å². The van der Waals surface area contributed by atoms with Gasteiger partial charge in [-0.25, -0.2) is 0 Å². The van der Waals surface area contributed by atoms with Crippen LogP contribution < -0.4 is 4.57 Å². The molecule has 0 radical (unpaired) electrons. The van der Waals surface area contributed by atoms with Crippen molar-refractivity contribution in [3.63, 3.8) is 0 Å². The molecule has 0 atom stereocenters. The molecule has 2 rings (SSSR count). The number of aryl methyl sites for hydroxylation is 3. The maximum Gasteiger partial charge on any atom is 0.265 e. The fraction of sp³-hybridized carbons (Fsp3) is 0.357. The van der Waals surface area contributed by atoms with E-state index in [2.05, 4.69) is 16.7 Å². The van der Waals surface area contributed by atoms with Gasteiger partial charge in [0.1, 0.15) is 6.54 Å². The number of benzene rings is 1. The summed E-state index contributed by atoms with van der Waals surface area (Å²) in [5.41, 5.74) is 3.36. The van der Waals surface area contributed by atoms with Crippen molar-refractivity contribution in [2.24, 2.45) is 0 Å². The molecule has 0 unspecified atom stereocenters. The van der Waals surface area contributed by atoms with Crippen LogP contribution in [-0.2, 0) is 16.7 Å². The van der Waals surface area contributed by atoms with E-state index in [9.17, 15) is 8.42 Å². The predicted octanol–water partition coefficient (Wildman–Crippen LogP) is 2.02. The average molecular weight is 280 g/mol. The molecule has 0 saturated carbocycles. The number of aromatic nitrogens is 1. The van der Waals surface area contributed by atoms with E-state index < -0.39 is 10.1 Å². The summed E-state index contributed by atoms with van der Waals surface area (Å²) < 4.78 is 32.4. The molecular weight excluding hydrogens is 262 g/mol. The number of pyridine rings is 1. The summed E-state index contributed by atoms with van der Waals surface area (Å²) in [6, 6.07) is 10.3. The molecule has 5 heteroatoms. The summed E-state index contributed by atoms with van der Waals surface area (Å²) >= 11 is 0. The van der Waals surface area contributed by atoms with Crippen molar-refractivity contribution >= 4 is 21.0 Å². The Labute approximate surface area is 113 Å². The van der Waals surface area contributed by atoms with Crippen molar-refractivity contribution in [2.45, 2.75) is 26.8 Å². The van der Waals surface area contributed by atoms with Gasteiger partial charge in [-0.1, -0.05) is 11.6 Å². The topological polar surface area (TPSA) is 58.2 Å². The fourth-order valence-electron chi connectivity index (χ4n) is 2.25. The lowest BCUT2D eigenvalue weighted by molar-refractivity contribution is -0.677. The lowest BCUT2D eigenvalue weighted by atomic mass is 10.1. The fourth-order valence-corrected chi connectivity index (χ4v) is 2.74. The SMILES string of the molecule is Cc1ccc2c(ccc(C)[n+]2CCCS(=O)(=O)O)c1. The van der Waals surface area contributed by atoms with Crippen molar-refractivity contribution in [3.05, 3.63) is 41.6 Å². The van der Waals surface area contributed by atoms with Crippen LogP contribution in [0.1, 0.15) is 17.7 Å². The van der Waals surface area contributed by atoms with E-state index in [0.717, 1.165) is 16.6 Å². The summed E-state index contributed by atoms with van der Waals surface area (Å²) in [5, 5.41) is 1.14. The first-order valence-electron chi connectivity index (χ1n) is 6.22. The van der Waals surface area contributed by atoms with E-state index in [1.165, 1.54) is 5.56 Å². The molecule has 0 aliphatic carbocycles. The predicted molar refractivity (Wildman–Crippen MR) is 74.6 cm³/mol. The van der Waals surface area contributed by atoms with E-state index in [-0.39, 0.29) is 5.75 Å². The van der Waals surface area contributed by atoms with Crippen molar-refractivity contribution in [1.29, 1.82) is 0 Å². The van der Waals surface area contributed by atoms with Crippen LogP contribution in [0.25, 0.3) is 10.9 Å². The smallest absolute Gasteiger partial charge is 0.265 e. The van der Waals surface area contributed by atoms with Crippen LogP contribution in [0.4, 0.5) is 0 Å². The highest BCUT2D eigenvalue weighted by Crippen LogP contribution is 2.13. The lowest BCUT2D eigenvalue weighted by Gasteiger charge is -2.05. The normalized spacial score (nSPS) is 11.9. The largest absolute Gasteiger partial charge is 0.286 e. The van der Waals surface area contributed by atoms with Gasteiger partial charge in [0, 0.05) is 30.9 Å². The molecule has 0 saturated heterocycles. The molecule has 0 bridgehead atoms. The third-order valence-corrected chi connectivity index (χ3v) is 3.99. The van der Waals surface area contributed by atoms with E-state index in [1.54, 1.807) is 0 Å². The minimum absolute atomic E-state index is 0.207. The number of nitrogens with zero attached hydrogens (tertiary/aromatic N) is 1. The molecule has 0 fully saturated rings. The van der Waals surface area contributed by atoms with Gasteiger partial charge >= 0.3 is 0 Å². The third-order valence-electron chi connectivity index (χ3n) is 3.19. The number of rotatable bonds is 4. The second-order valence-corrected chi connectivity index (χ2v) is 6.40. The average Bonchev–Trinajstić information content (AvgIpc) is 2.30. The maximum atomic E-state index is 10.8. The highest BCUT2D eigenvalue weighted by Gasteiger charge is 2.14. The third kappa shape index (κ3) is 3.52. The molecule has 1 aromatic heterocycles. The first kappa shape index (κ1) is 14.0. The quantitative estimate of drug-likeness (QED) is 0.688. The molecular formula is C14H18NO3S+. The van der Waals surface area contributed by atoms with Gasteiger partial charge in [0.25, 0.3) is 10.1 Å². The minimum Gasteiger partial charge on any atom is -0.286 e. The summed E-state index contributed by atoms with van der Waals surface area (Å²) in [5.74, 6) is -0.207. The molecule has 0 aliphatic heterocycles. The number of hydrogen-bond donors (Lipinski definition) is 1. The Morgan fingerprint density at radius 1 is 1.16 bits per heavy atom. The Balaban J connectivity index is 2.33. The van der Waals surface area contributed by atoms with Gasteiger partial charge in [-0.3, -0.25) is 4.55 Å². The molecule has 19 heavy (non-hydrogen) atoms. The van der Waals surface area contributed by atoms with Crippen LogP contribution in [-0.4, -0.2) is 18.7 Å². The Kier molecular flexibility index (Phi) is 3.87. The highest BCUT2D eigenvalue weighted by atomic mass is 32.2. The second-order valence-electron chi connectivity index (χ2n) is 4.83.